The minimum atomic E-state index is -0.0561. The standard InChI is InChI=1S/C15H21N3O2/c1-10-5-3-7-13(14(10)16)15(20)18-8-4-6-12(9-18)17-11(2)19/h3,5,7,12H,4,6,8-9,16H2,1-2H3,(H,17,19). The normalized spacial score (nSPS) is 18.7. The van der Waals surface area contributed by atoms with Gasteiger partial charge in [-0.25, -0.2) is 0 Å². The number of carbonyl (C=O) groups is 2. The number of aryl methyl sites for hydroxylation is 1. The van der Waals surface area contributed by atoms with Crippen LogP contribution in [0.4, 0.5) is 5.69 Å². The second-order valence-corrected chi connectivity index (χ2v) is 5.33. The van der Waals surface area contributed by atoms with E-state index in [1.807, 2.05) is 19.1 Å². The number of hydrogen-bond donors (Lipinski definition) is 2. The van der Waals surface area contributed by atoms with E-state index in [1.54, 1.807) is 11.0 Å². The molecule has 1 saturated heterocycles. The third-order valence-corrected chi connectivity index (χ3v) is 3.67. The third kappa shape index (κ3) is 3.10. The first kappa shape index (κ1) is 14.4. The fourth-order valence-electron chi connectivity index (χ4n) is 2.60. The Morgan fingerprint density at radius 1 is 1.40 bits per heavy atom. The second-order valence-electron chi connectivity index (χ2n) is 5.33. The Morgan fingerprint density at radius 3 is 2.85 bits per heavy atom. The Kier molecular flexibility index (Phi) is 4.27. The molecule has 1 heterocycles. The summed E-state index contributed by atoms with van der Waals surface area (Å²) in [4.78, 5) is 25.4. The Hall–Kier alpha value is -2.04. The zero-order valence-electron chi connectivity index (χ0n) is 12.0. The fourth-order valence-corrected chi connectivity index (χ4v) is 2.60. The predicted molar refractivity (Wildman–Crippen MR) is 78.3 cm³/mol. The molecule has 1 atom stereocenters. The Labute approximate surface area is 119 Å². The number of benzene rings is 1. The summed E-state index contributed by atoms with van der Waals surface area (Å²) in [5.74, 6) is -0.111. The summed E-state index contributed by atoms with van der Waals surface area (Å²) in [5.41, 5.74) is 7.99. The molecule has 0 spiro atoms. The molecule has 2 amide bonds. The molecule has 0 saturated carbocycles. The van der Waals surface area contributed by atoms with Crippen molar-refractivity contribution in [3.05, 3.63) is 29.3 Å². The molecule has 1 aromatic carbocycles. The highest BCUT2D eigenvalue weighted by Gasteiger charge is 2.26. The zero-order valence-corrected chi connectivity index (χ0v) is 12.0. The van der Waals surface area contributed by atoms with Crippen molar-refractivity contribution >= 4 is 17.5 Å². The number of likely N-dealkylation sites (tertiary alicyclic amines) is 1. The maximum absolute atomic E-state index is 12.5. The minimum Gasteiger partial charge on any atom is -0.398 e. The summed E-state index contributed by atoms with van der Waals surface area (Å²) >= 11 is 0. The molecule has 5 heteroatoms. The molecule has 1 aliphatic rings. The first-order chi connectivity index (χ1) is 9.49. The number of nitrogens with two attached hydrogens (primary N) is 1. The number of para-hydroxylation sites is 1. The van der Waals surface area contributed by atoms with Gasteiger partial charge in [-0.05, 0) is 31.4 Å². The summed E-state index contributed by atoms with van der Waals surface area (Å²) in [7, 11) is 0. The molecule has 108 valence electrons. The highest BCUT2D eigenvalue weighted by atomic mass is 16.2. The number of rotatable bonds is 2. The average molecular weight is 275 g/mol. The van der Waals surface area contributed by atoms with Crippen LogP contribution in [0.1, 0.15) is 35.7 Å². The minimum absolute atomic E-state index is 0.0382. The van der Waals surface area contributed by atoms with Gasteiger partial charge >= 0.3 is 0 Å². The molecule has 1 aromatic rings. The lowest BCUT2D eigenvalue weighted by Gasteiger charge is -2.33. The van der Waals surface area contributed by atoms with E-state index in [1.165, 1.54) is 6.92 Å². The maximum Gasteiger partial charge on any atom is 0.256 e. The average Bonchev–Trinajstić information content (AvgIpc) is 2.41. The Morgan fingerprint density at radius 2 is 2.15 bits per heavy atom. The highest BCUT2D eigenvalue weighted by Crippen LogP contribution is 2.20. The topological polar surface area (TPSA) is 75.4 Å². The van der Waals surface area contributed by atoms with Gasteiger partial charge in [0.15, 0.2) is 0 Å². The molecule has 0 aromatic heterocycles. The van der Waals surface area contributed by atoms with Crippen molar-refractivity contribution < 1.29 is 9.59 Å². The quantitative estimate of drug-likeness (QED) is 0.799. The molecule has 1 aliphatic heterocycles. The van der Waals surface area contributed by atoms with E-state index in [-0.39, 0.29) is 17.9 Å². The van der Waals surface area contributed by atoms with E-state index in [2.05, 4.69) is 5.32 Å². The lowest BCUT2D eigenvalue weighted by atomic mass is 10.0. The molecule has 1 unspecified atom stereocenters. The first-order valence-corrected chi connectivity index (χ1v) is 6.90. The van der Waals surface area contributed by atoms with Crippen LogP contribution in [0.25, 0.3) is 0 Å². The van der Waals surface area contributed by atoms with Gasteiger partial charge < -0.3 is 16.0 Å². The number of nitrogen functional groups attached to an aromatic ring is 1. The first-order valence-electron chi connectivity index (χ1n) is 6.90. The molecule has 20 heavy (non-hydrogen) atoms. The van der Waals surface area contributed by atoms with Crippen molar-refractivity contribution in [2.75, 3.05) is 18.8 Å². The van der Waals surface area contributed by atoms with Crippen molar-refractivity contribution in [2.24, 2.45) is 0 Å². The van der Waals surface area contributed by atoms with Crippen molar-refractivity contribution in [1.82, 2.24) is 10.2 Å². The number of hydrogen-bond acceptors (Lipinski definition) is 3. The fraction of sp³-hybridized carbons (Fsp3) is 0.467. The monoisotopic (exact) mass is 275 g/mol. The lowest BCUT2D eigenvalue weighted by Crippen LogP contribution is -2.49. The summed E-state index contributed by atoms with van der Waals surface area (Å²) < 4.78 is 0. The van der Waals surface area contributed by atoms with Crippen LogP contribution < -0.4 is 11.1 Å². The van der Waals surface area contributed by atoms with Gasteiger partial charge in [-0.15, -0.1) is 0 Å². The van der Waals surface area contributed by atoms with Gasteiger partial charge in [0.05, 0.1) is 5.56 Å². The lowest BCUT2D eigenvalue weighted by molar-refractivity contribution is -0.120. The molecular formula is C15H21N3O2. The maximum atomic E-state index is 12.5. The summed E-state index contributed by atoms with van der Waals surface area (Å²) in [6, 6.07) is 5.53. The van der Waals surface area contributed by atoms with E-state index < -0.39 is 0 Å². The van der Waals surface area contributed by atoms with Crippen LogP contribution in [0.15, 0.2) is 18.2 Å². The van der Waals surface area contributed by atoms with Crippen LogP contribution in [0, 0.1) is 6.92 Å². The van der Waals surface area contributed by atoms with E-state index in [0.717, 1.165) is 18.4 Å². The molecule has 1 fully saturated rings. The molecule has 5 nitrogen and oxygen atoms in total. The van der Waals surface area contributed by atoms with Crippen LogP contribution >= 0.6 is 0 Å². The van der Waals surface area contributed by atoms with Crippen molar-refractivity contribution in [3.63, 3.8) is 0 Å². The number of anilines is 1. The number of amides is 2. The van der Waals surface area contributed by atoms with Crippen molar-refractivity contribution in [2.45, 2.75) is 32.7 Å². The van der Waals surface area contributed by atoms with Gasteiger partial charge in [0.2, 0.25) is 5.91 Å². The van der Waals surface area contributed by atoms with Gasteiger partial charge in [-0.3, -0.25) is 9.59 Å². The van der Waals surface area contributed by atoms with E-state index in [0.29, 0.717) is 24.3 Å². The van der Waals surface area contributed by atoms with E-state index in [9.17, 15) is 9.59 Å². The van der Waals surface area contributed by atoms with Crippen molar-refractivity contribution in [3.8, 4) is 0 Å². The molecule has 2 rings (SSSR count). The van der Waals surface area contributed by atoms with E-state index in [4.69, 9.17) is 5.73 Å². The number of piperidine rings is 1. The number of nitrogens with zero attached hydrogens (tertiary/aromatic N) is 1. The van der Waals surface area contributed by atoms with Crippen LogP contribution in [-0.4, -0.2) is 35.8 Å². The third-order valence-electron chi connectivity index (χ3n) is 3.67. The van der Waals surface area contributed by atoms with Crippen molar-refractivity contribution in [1.29, 1.82) is 0 Å². The SMILES string of the molecule is CC(=O)NC1CCCN(C(=O)c2cccc(C)c2N)C1. The molecule has 0 radical (unpaired) electrons. The summed E-state index contributed by atoms with van der Waals surface area (Å²) in [6.45, 7) is 4.65. The van der Waals surface area contributed by atoms with Gasteiger partial charge in [-0.2, -0.15) is 0 Å². The van der Waals surface area contributed by atoms with E-state index >= 15 is 0 Å². The van der Waals surface area contributed by atoms with Gasteiger partial charge in [0.25, 0.3) is 5.91 Å². The molecule has 3 N–H and O–H groups in total. The van der Waals surface area contributed by atoms with Crippen LogP contribution in [0.5, 0.6) is 0 Å². The van der Waals surface area contributed by atoms with Gasteiger partial charge in [0, 0.05) is 31.7 Å². The smallest absolute Gasteiger partial charge is 0.256 e. The number of nitrogens with one attached hydrogen (secondary N) is 1. The molecular weight excluding hydrogens is 254 g/mol. The molecule has 0 bridgehead atoms. The predicted octanol–water partition coefficient (Wildman–Crippen LogP) is 1.32. The Bertz CT molecular complexity index is 528. The number of carbonyl (C=O) groups excluding carboxylic acids is 2. The second kappa shape index (κ2) is 5.94. The van der Waals surface area contributed by atoms with Crippen LogP contribution in [0.2, 0.25) is 0 Å². The largest absolute Gasteiger partial charge is 0.398 e. The van der Waals surface area contributed by atoms with Gasteiger partial charge in [-0.1, -0.05) is 12.1 Å². The zero-order chi connectivity index (χ0) is 14.7. The molecule has 0 aliphatic carbocycles. The van der Waals surface area contributed by atoms with Gasteiger partial charge in [0.1, 0.15) is 0 Å². The highest BCUT2D eigenvalue weighted by molar-refractivity contribution is 5.99. The Balaban J connectivity index is 2.12. The van der Waals surface area contributed by atoms with Crippen LogP contribution in [0.3, 0.4) is 0 Å². The van der Waals surface area contributed by atoms with Crippen LogP contribution in [-0.2, 0) is 4.79 Å². The summed E-state index contributed by atoms with van der Waals surface area (Å²) in [5, 5.41) is 2.88. The summed E-state index contributed by atoms with van der Waals surface area (Å²) in [6.07, 6.45) is 1.80.